The van der Waals surface area contributed by atoms with Gasteiger partial charge in [-0.2, -0.15) is 11.8 Å². The quantitative estimate of drug-likeness (QED) is 0.236. The zero-order valence-corrected chi connectivity index (χ0v) is 23.2. The number of piperazine rings is 1. The van der Waals surface area contributed by atoms with Crippen LogP contribution in [0.2, 0.25) is 10.0 Å². The van der Waals surface area contributed by atoms with Gasteiger partial charge in [-0.3, -0.25) is 19.1 Å². The minimum Gasteiger partial charge on any atom is -0.494 e. The number of halogens is 2. The second kappa shape index (κ2) is 13.4. The van der Waals surface area contributed by atoms with Gasteiger partial charge in [-0.1, -0.05) is 29.3 Å². The van der Waals surface area contributed by atoms with Gasteiger partial charge in [0.15, 0.2) is 6.73 Å². The minimum atomic E-state index is -0.349. The van der Waals surface area contributed by atoms with E-state index in [1.165, 1.54) is 22.4 Å². The molecule has 0 unspecified atom stereocenters. The molecule has 0 saturated carbocycles. The van der Waals surface area contributed by atoms with Gasteiger partial charge in [-0.25, -0.2) is 0 Å². The second-order valence-corrected chi connectivity index (χ2v) is 10.5. The number of thioether (sulfide) groups is 1. The van der Waals surface area contributed by atoms with E-state index in [4.69, 9.17) is 32.7 Å². The Morgan fingerprint density at radius 3 is 2.59 bits per heavy atom. The van der Waals surface area contributed by atoms with Crippen LogP contribution >= 0.6 is 35.0 Å². The summed E-state index contributed by atoms with van der Waals surface area (Å²) >= 11 is 13.9. The maximum Gasteiger partial charge on any atom is 0.317 e. The van der Waals surface area contributed by atoms with E-state index in [1.54, 1.807) is 6.07 Å². The average Bonchev–Trinajstić information content (AvgIpc) is 2.90. The molecule has 0 N–H and O–H groups in total. The Morgan fingerprint density at radius 2 is 1.81 bits per heavy atom. The zero-order valence-electron chi connectivity index (χ0n) is 20.8. The molecule has 1 saturated heterocycles. The van der Waals surface area contributed by atoms with Crippen molar-refractivity contribution in [2.24, 2.45) is 0 Å². The summed E-state index contributed by atoms with van der Waals surface area (Å²) in [6, 6.07) is 14.7. The standard InChI is InChI=1S/C27H31Cl2N3O4S/c1-37-18-26(34)36-19-32-24-17-21(9-7-20(24)8-10-25(32)33)35-16-3-2-11-30-12-14-31(15-13-30)23-6-4-5-22(28)27(23)29/h4-10,17H,2-3,11-16,18-19H2,1H3. The predicted octanol–water partition coefficient (Wildman–Crippen LogP) is 5.15. The Labute approximate surface area is 231 Å². The van der Waals surface area contributed by atoms with Crippen LogP contribution in [0.3, 0.4) is 0 Å². The van der Waals surface area contributed by atoms with E-state index in [1.807, 2.05) is 42.7 Å². The van der Waals surface area contributed by atoms with Crippen LogP contribution in [0.25, 0.3) is 10.9 Å². The normalized spacial score (nSPS) is 14.2. The largest absolute Gasteiger partial charge is 0.494 e. The maximum absolute atomic E-state index is 12.4. The fraction of sp³-hybridized carbons (Fsp3) is 0.407. The first-order valence-electron chi connectivity index (χ1n) is 12.3. The summed E-state index contributed by atoms with van der Waals surface area (Å²) in [6.45, 7) is 5.28. The molecule has 2 aromatic carbocycles. The van der Waals surface area contributed by atoms with Crippen molar-refractivity contribution >= 4 is 57.5 Å². The molecule has 0 amide bonds. The summed E-state index contributed by atoms with van der Waals surface area (Å²) in [5.41, 5.74) is 1.46. The van der Waals surface area contributed by atoms with Gasteiger partial charge in [-0.15, -0.1) is 0 Å². The molecule has 1 aromatic heterocycles. The van der Waals surface area contributed by atoms with Crippen molar-refractivity contribution in [2.45, 2.75) is 19.6 Å². The molecule has 198 valence electrons. The number of carbonyl (C=O) groups excluding carboxylic acids is 1. The Hall–Kier alpha value is -2.39. The minimum absolute atomic E-state index is 0.115. The molecule has 1 aliphatic rings. The highest BCUT2D eigenvalue weighted by molar-refractivity contribution is 7.99. The van der Waals surface area contributed by atoms with Crippen LogP contribution in [-0.2, 0) is 16.3 Å². The Balaban J connectivity index is 1.23. The SMILES string of the molecule is CSCC(=O)OCn1c(=O)ccc2ccc(OCCCCN3CCN(c4cccc(Cl)c4Cl)CC3)cc21. The number of hydrogen-bond acceptors (Lipinski definition) is 7. The molecule has 7 nitrogen and oxygen atoms in total. The fourth-order valence-corrected chi connectivity index (χ4v) is 5.10. The number of aromatic nitrogens is 1. The molecular formula is C27H31Cl2N3O4S. The lowest BCUT2D eigenvalue weighted by Crippen LogP contribution is -2.46. The van der Waals surface area contributed by atoms with Crippen molar-refractivity contribution in [1.82, 2.24) is 9.47 Å². The predicted molar refractivity (Wildman–Crippen MR) is 153 cm³/mol. The molecule has 3 aromatic rings. The van der Waals surface area contributed by atoms with Crippen LogP contribution in [-0.4, -0.2) is 66.8 Å². The second-order valence-electron chi connectivity index (χ2n) is 8.86. The first kappa shape index (κ1) is 27.6. The van der Waals surface area contributed by atoms with E-state index in [0.29, 0.717) is 27.9 Å². The summed E-state index contributed by atoms with van der Waals surface area (Å²) in [4.78, 5) is 28.9. The van der Waals surface area contributed by atoms with E-state index in [-0.39, 0.29) is 24.0 Å². The van der Waals surface area contributed by atoms with Gasteiger partial charge in [0.05, 0.1) is 33.6 Å². The number of ether oxygens (including phenoxy) is 2. The third-order valence-corrected chi connectivity index (χ3v) is 7.70. The van der Waals surface area contributed by atoms with Gasteiger partial charge in [0.2, 0.25) is 0 Å². The molecule has 0 atom stereocenters. The van der Waals surface area contributed by atoms with Crippen LogP contribution in [0.5, 0.6) is 5.75 Å². The third-order valence-electron chi connectivity index (χ3n) is 6.36. The lowest BCUT2D eigenvalue weighted by Gasteiger charge is -2.36. The van der Waals surface area contributed by atoms with Crippen LogP contribution in [0.4, 0.5) is 5.69 Å². The highest BCUT2D eigenvalue weighted by Crippen LogP contribution is 2.32. The van der Waals surface area contributed by atoms with E-state index in [9.17, 15) is 9.59 Å². The van der Waals surface area contributed by atoms with Crippen molar-refractivity contribution in [3.63, 3.8) is 0 Å². The number of benzene rings is 2. The summed E-state index contributed by atoms with van der Waals surface area (Å²) in [6.07, 6.45) is 3.78. The molecule has 37 heavy (non-hydrogen) atoms. The van der Waals surface area contributed by atoms with E-state index in [2.05, 4.69) is 9.80 Å². The van der Waals surface area contributed by atoms with Crippen LogP contribution < -0.4 is 15.2 Å². The molecule has 0 aliphatic carbocycles. The van der Waals surface area contributed by atoms with Gasteiger partial charge in [-0.05, 0) is 61.4 Å². The van der Waals surface area contributed by atoms with Gasteiger partial charge < -0.3 is 14.4 Å². The number of hydrogen-bond donors (Lipinski definition) is 0. The first-order valence-corrected chi connectivity index (χ1v) is 14.4. The number of fused-ring (bicyclic) bond motifs is 1. The number of pyridine rings is 1. The molecule has 0 radical (unpaired) electrons. The summed E-state index contributed by atoms with van der Waals surface area (Å²) < 4.78 is 12.7. The number of anilines is 1. The summed E-state index contributed by atoms with van der Waals surface area (Å²) in [5, 5.41) is 2.09. The third kappa shape index (κ3) is 7.35. The smallest absolute Gasteiger partial charge is 0.317 e. The van der Waals surface area contributed by atoms with Crippen molar-refractivity contribution in [2.75, 3.05) is 56.2 Å². The molecule has 4 rings (SSSR count). The van der Waals surface area contributed by atoms with Crippen molar-refractivity contribution in [3.05, 3.63) is 68.9 Å². The molecule has 0 bridgehead atoms. The Kier molecular flexibility index (Phi) is 10.0. The van der Waals surface area contributed by atoms with E-state index >= 15 is 0 Å². The van der Waals surface area contributed by atoms with Crippen LogP contribution in [0, 0.1) is 0 Å². The summed E-state index contributed by atoms with van der Waals surface area (Å²) in [5.74, 6) is 0.590. The Bertz CT molecular complexity index is 1280. The number of carbonyl (C=O) groups is 1. The monoisotopic (exact) mass is 563 g/mol. The van der Waals surface area contributed by atoms with Crippen molar-refractivity contribution in [3.8, 4) is 5.75 Å². The average molecular weight is 565 g/mol. The van der Waals surface area contributed by atoms with Gasteiger partial charge in [0.1, 0.15) is 5.75 Å². The lowest BCUT2D eigenvalue weighted by atomic mass is 10.2. The maximum atomic E-state index is 12.4. The molecule has 10 heteroatoms. The number of unbranched alkanes of at least 4 members (excludes halogenated alkanes) is 1. The fourth-order valence-electron chi connectivity index (χ4n) is 4.36. The lowest BCUT2D eigenvalue weighted by molar-refractivity contribution is -0.144. The van der Waals surface area contributed by atoms with Gasteiger partial charge >= 0.3 is 5.97 Å². The first-order chi connectivity index (χ1) is 18.0. The van der Waals surface area contributed by atoms with Crippen molar-refractivity contribution in [1.29, 1.82) is 0 Å². The van der Waals surface area contributed by atoms with E-state index < -0.39 is 0 Å². The zero-order chi connectivity index (χ0) is 26.2. The molecular weight excluding hydrogens is 533 g/mol. The highest BCUT2D eigenvalue weighted by atomic mass is 35.5. The highest BCUT2D eigenvalue weighted by Gasteiger charge is 2.19. The van der Waals surface area contributed by atoms with Gasteiger partial charge in [0.25, 0.3) is 5.56 Å². The topological polar surface area (TPSA) is 64.0 Å². The molecule has 0 spiro atoms. The summed E-state index contributed by atoms with van der Waals surface area (Å²) in [7, 11) is 0. The Morgan fingerprint density at radius 1 is 1.03 bits per heavy atom. The van der Waals surface area contributed by atoms with E-state index in [0.717, 1.165) is 56.6 Å². The van der Waals surface area contributed by atoms with Crippen molar-refractivity contribution < 1.29 is 14.3 Å². The van der Waals surface area contributed by atoms with Crippen LogP contribution in [0.15, 0.2) is 53.3 Å². The van der Waals surface area contributed by atoms with Crippen LogP contribution in [0.1, 0.15) is 12.8 Å². The molecule has 1 fully saturated rings. The number of nitrogens with zero attached hydrogens (tertiary/aromatic N) is 3. The molecule has 1 aliphatic heterocycles. The molecule has 2 heterocycles. The number of rotatable bonds is 11. The van der Waals surface area contributed by atoms with Gasteiger partial charge in [0, 0.05) is 38.3 Å². The number of esters is 1.